The Kier molecular flexibility index (Phi) is 7.77. The molecule has 150 valence electrons. The summed E-state index contributed by atoms with van der Waals surface area (Å²) in [5, 5.41) is 3.38. The molecule has 5 nitrogen and oxygen atoms in total. The molecule has 3 rings (SSSR count). The number of rotatable bonds is 6. The van der Waals surface area contributed by atoms with Gasteiger partial charge in [0.2, 0.25) is 5.91 Å². The van der Waals surface area contributed by atoms with Gasteiger partial charge in [0.1, 0.15) is 0 Å². The maximum absolute atomic E-state index is 12.6. The van der Waals surface area contributed by atoms with Gasteiger partial charge in [-0.25, -0.2) is 0 Å². The molecule has 0 bridgehead atoms. The van der Waals surface area contributed by atoms with Crippen molar-refractivity contribution in [3.05, 3.63) is 0 Å². The van der Waals surface area contributed by atoms with Gasteiger partial charge in [0, 0.05) is 25.0 Å². The first-order valence-corrected chi connectivity index (χ1v) is 11.1. The number of carbonyl (C=O) groups excluding carboxylic acids is 1. The highest BCUT2D eigenvalue weighted by Gasteiger charge is 2.29. The number of nitrogens with one attached hydrogen (secondary N) is 1. The molecule has 0 unspecified atom stereocenters. The second-order valence-corrected chi connectivity index (χ2v) is 8.93. The van der Waals surface area contributed by atoms with Gasteiger partial charge < -0.3 is 15.1 Å². The van der Waals surface area contributed by atoms with E-state index in [-0.39, 0.29) is 0 Å². The van der Waals surface area contributed by atoms with Crippen LogP contribution < -0.4 is 5.32 Å². The van der Waals surface area contributed by atoms with Crippen molar-refractivity contribution in [2.75, 3.05) is 52.9 Å². The predicted octanol–water partition coefficient (Wildman–Crippen LogP) is 2.17. The van der Waals surface area contributed by atoms with E-state index in [1.165, 1.54) is 77.8 Å². The van der Waals surface area contributed by atoms with Gasteiger partial charge in [-0.05, 0) is 97.2 Å². The van der Waals surface area contributed by atoms with Crippen molar-refractivity contribution < 1.29 is 4.79 Å². The standard InChI is InChI=1S/C21H40N4O/c1-3-10-24-14-6-18(7-15-24)16-21(26)22-19-5-4-11-25(17-19)20-8-12-23(2)13-9-20/h18-20H,3-17H2,1-2H3,(H,22,26)/t19-/m1/s1. The Bertz CT molecular complexity index is 428. The van der Waals surface area contributed by atoms with Crippen molar-refractivity contribution in [3.63, 3.8) is 0 Å². The Hall–Kier alpha value is -0.650. The molecule has 1 atom stereocenters. The van der Waals surface area contributed by atoms with E-state index in [0.717, 1.165) is 25.4 Å². The fourth-order valence-electron chi connectivity index (χ4n) is 5.10. The number of likely N-dealkylation sites (tertiary alicyclic amines) is 3. The van der Waals surface area contributed by atoms with Crippen LogP contribution in [0.2, 0.25) is 0 Å². The van der Waals surface area contributed by atoms with E-state index in [4.69, 9.17) is 0 Å². The fourth-order valence-corrected chi connectivity index (χ4v) is 5.10. The molecular formula is C21H40N4O. The first-order chi connectivity index (χ1) is 12.6. The number of nitrogens with zero attached hydrogens (tertiary/aromatic N) is 3. The number of carbonyl (C=O) groups is 1. The van der Waals surface area contributed by atoms with Gasteiger partial charge in [-0.1, -0.05) is 6.92 Å². The summed E-state index contributed by atoms with van der Waals surface area (Å²) < 4.78 is 0. The van der Waals surface area contributed by atoms with Gasteiger partial charge >= 0.3 is 0 Å². The van der Waals surface area contributed by atoms with Crippen LogP contribution in [0.3, 0.4) is 0 Å². The molecule has 0 saturated carbocycles. The van der Waals surface area contributed by atoms with Crippen LogP contribution in [-0.4, -0.2) is 85.6 Å². The van der Waals surface area contributed by atoms with E-state index in [1.54, 1.807) is 0 Å². The topological polar surface area (TPSA) is 38.8 Å². The Morgan fingerprint density at radius 3 is 2.42 bits per heavy atom. The van der Waals surface area contributed by atoms with Crippen LogP contribution in [0.5, 0.6) is 0 Å². The van der Waals surface area contributed by atoms with E-state index in [1.807, 2.05) is 0 Å². The minimum atomic E-state index is 0.300. The number of amides is 1. The van der Waals surface area contributed by atoms with E-state index in [0.29, 0.717) is 17.9 Å². The Morgan fingerprint density at radius 1 is 1.00 bits per heavy atom. The van der Waals surface area contributed by atoms with Crippen molar-refractivity contribution in [1.29, 1.82) is 0 Å². The van der Waals surface area contributed by atoms with E-state index in [9.17, 15) is 4.79 Å². The van der Waals surface area contributed by atoms with Gasteiger partial charge in [0.15, 0.2) is 0 Å². The minimum Gasteiger partial charge on any atom is -0.352 e. The van der Waals surface area contributed by atoms with E-state index < -0.39 is 0 Å². The van der Waals surface area contributed by atoms with Crippen LogP contribution in [0.15, 0.2) is 0 Å². The highest BCUT2D eigenvalue weighted by molar-refractivity contribution is 5.76. The molecule has 3 aliphatic rings. The largest absolute Gasteiger partial charge is 0.352 e. The van der Waals surface area contributed by atoms with Crippen molar-refractivity contribution in [3.8, 4) is 0 Å². The van der Waals surface area contributed by atoms with Crippen molar-refractivity contribution in [2.24, 2.45) is 5.92 Å². The Labute approximate surface area is 160 Å². The summed E-state index contributed by atoms with van der Waals surface area (Å²) in [4.78, 5) is 20.2. The molecule has 0 aromatic rings. The lowest BCUT2D eigenvalue weighted by Gasteiger charge is -2.42. The molecule has 1 amide bonds. The molecule has 3 heterocycles. The Balaban J connectivity index is 1.37. The summed E-state index contributed by atoms with van der Waals surface area (Å²) in [5.74, 6) is 0.894. The van der Waals surface area contributed by atoms with Gasteiger partial charge in [0.05, 0.1) is 0 Å². The lowest BCUT2D eigenvalue weighted by molar-refractivity contribution is -0.123. The van der Waals surface area contributed by atoms with E-state index in [2.05, 4.69) is 34.0 Å². The third kappa shape index (κ3) is 5.93. The summed E-state index contributed by atoms with van der Waals surface area (Å²) >= 11 is 0. The summed E-state index contributed by atoms with van der Waals surface area (Å²) in [6.07, 6.45) is 9.32. The summed E-state index contributed by atoms with van der Waals surface area (Å²) in [7, 11) is 2.22. The number of hydrogen-bond acceptors (Lipinski definition) is 4. The first-order valence-electron chi connectivity index (χ1n) is 11.1. The average Bonchev–Trinajstić information content (AvgIpc) is 2.64. The molecular weight excluding hydrogens is 324 g/mol. The van der Waals surface area contributed by atoms with Gasteiger partial charge in [-0.3, -0.25) is 9.69 Å². The zero-order chi connectivity index (χ0) is 18.4. The highest BCUT2D eigenvalue weighted by atomic mass is 16.1. The van der Waals surface area contributed by atoms with Crippen molar-refractivity contribution >= 4 is 5.91 Å². The first kappa shape index (κ1) is 20.1. The van der Waals surface area contributed by atoms with Crippen LogP contribution in [0.4, 0.5) is 0 Å². The molecule has 0 aromatic heterocycles. The monoisotopic (exact) mass is 364 g/mol. The maximum Gasteiger partial charge on any atom is 0.220 e. The maximum atomic E-state index is 12.6. The smallest absolute Gasteiger partial charge is 0.220 e. The molecule has 0 aromatic carbocycles. The van der Waals surface area contributed by atoms with Crippen LogP contribution in [0.1, 0.15) is 58.3 Å². The van der Waals surface area contributed by atoms with Crippen molar-refractivity contribution in [2.45, 2.75) is 70.4 Å². The lowest BCUT2D eigenvalue weighted by Crippen LogP contribution is -2.53. The Morgan fingerprint density at radius 2 is 1.73 bits per heavy atom. The molecule has 0 spiro atoms. The third-order valence-corrected chi connectivity index (χ3v) is 6.74. The molecule has 26 heavy (non-hydrogen) atoms. The molecule has 0 radical (unpaired) electrons. The molecule has 3 saturated heterocycles. The molecule has 0 aliphatic carbocycles. The van der Waals surface area contributed by atoms with Gasteiger partial charge in [-0.2, -0.15) is 0 Å². The van der Waals surface area contributed by atoms with Crippen LogP contribution in [0.25, 0.3) is 0 Å². The van der Waals surface area contributed by atoms with Crippen molar-refractivity contribution in [1.82, 2.24) is 20.0 Å². The second-order valence-electron chi connectivity index (χ2n) is 8.93. The molecule has 5 heteroatoms. The number of hydrogen-bond donors (Lipinski definition) is 1. The zero-order valence-corrected chi connectivity index (χ0v) is 17.1. The van der Waals surface area contributed by atoms with Crippen LogP contribution in [-0.2, 0) is 4.79 Å². The predicted molar refractivity (Wildman–Crippen MR) is 107 cm³/mol. The zero-order valence-electron chi connectivity index (χ0n) is 17.1. The van der Waals surface area contributed by atoms with Crippen LogP contribution in [0, 0.1) is 5.92 Å². The summed E-state index contributed by atoms with van der Waals surface area (Å²) in [6, 6.07) is 1.10. The lowest BCUT2D eigenvalue weighted by atomic mass is 9.92. The normalized spacial score (nSPS) is 28.3. The van der Waals surface area contributed by atoms with Gasteiger partial charge in [0.25, 0.3) is 0 Å². The summed E-state index contributed by atoms with van der Waals surface area (Å²) in [6.45, 7) is 10.5. The SMILES string of the molecule is CCCN1CCC(CC(=O)N[C@@H]2CCCN(C3CCN(C)CC3)C2)CC1. The van der Waals surface area contributed by atoms with Gasteiger partial charge in [-0.15, -0.1) is 0 Å². The molecule has 1 N–H and O–H groups in total. The third-order valence-electron chi connectivity index (χ3n) is 6.74. The molecule has 3 fully saturated rings. The fraction of sp³-hybridized carbons (Fsp3) is 0.952. The average molecular weight is 365 g/mol. The minimum absolute atomic E-state index is 0.300. The van der Waals surface area contributed by atoms with E-state index >= 15 is 0 Å². The second kappa shape index (κ2) is 10.0. The number of piperidine rings is 3. The quantitative estimate of drug-likeness (QED) is 0.784. The molecule has 3 aliphatic heterocycles. The summed E-state index contributed by atoms with van der Waals surface area (Å²) in [5.41, 5.74) is 0. The van der Waals surface area contributed by atoms with Crippen LogP contribution >= 0.6 is 0 Å². The highest BCUT2D eigenvalue weighted by Crippen LogP contribution is 2.22.